The molecule has 0 aromatic rings. The van der Waals surface area contributed by atoms with Gasteiger partial charge in [-0.25, -0.2) is 0 Å². The molecule has 2 fully saturated rings. The Hall–Kier alpha value is -0.0800. The topological polar surface area (TPSA) is 21.3 Å². The van der Waals surface area contributed by atoms with E-state index in [0.717, 1.165) is 12.5 Å². The molecule has 2 saturated heterocycles. The van der Waals surface area contributed by atoms with Gasteiger partial charge in [0.1, 0.15) is 0 Å². The van der Waals surface area contributed by atoms with Crippen molar-refractivity contribution in [3.63, 3.8) is 0 Å². The summed E-state index contributed by atoms with van der Waals surface area (Å²) in [6, 6.07) is 0.650. The summed E-state index contributed by atoms with van der Waals surface area (Å²) in [6.45, 7) is 4.49. The van der Waals surface area contributed by atoms with Crippen LogP contribution in [0.15, 0.2) is 0 Å². The zero-order valence-corrected chi connectivity index (χ0v) is 8.59. The fourth-order valence-electron chi connectivity index (χ4n) is 2.42. The van der Waals surface area contributed by atoms with E-state index in [1.54, 1.807) is 0 Å². The molecule has 0 aliphatic carbocycles. The fourth-order valence-corrected chi connectivity index (χ4v) is 2.42. The first-order valence-electron chi connectivity index (χ1n) is 5.71. The van der Waals surface area contributed by atoms with Crippen LogP contribution in [0.1, 0.15) is 39.0 Å². The van der Waals surface area contributed by atoms with E-state index in [4.69, 9.17) is 4.74 Å². The molecule has 2 nitrogen and oxygen atoms in total. The molecule has 0 aromatic carbocycles. The van der Waals surface area contributed by atoms with E-state index in [1.165, 1.54) is 38.6 Å². The minimum absolute atomic E-state index is 0.515. The van der Waals surface area contributed by atoms with Crippen molar-refractivity contribution in [2.45, 2.75) is 51.2 Å². The van der Waals surface area contributed by atoms with Crippen molar-refractivity contribution in [3.8, 4) is 0 Å². The van der Waals surface area contributed by atoms with Crippen LogP contribution in [0.25, 0.3) is 0 Å². The molecule has 0 radical (unpaired) electrons. The molecule has 3 atom stereocenters. The van der Waals surface area contributed by atoms with Crippen LogP contribution >= 0.6 is 0 Å². The summed E-state index contributed by atoms with van der Waals surface area (Å²) in [5.41, 5.74) is 0. The average Bonchev–Trinajstić information content (AvgIpc) is 2.20. The molecule has 13 heavy (non-hydrogen) atoms. The summed E-state index contributed by atoms with van der Waals surface area (Å²) in [4.78, 5) is 0. The van der Waals surface area contributed by atoms with Crippen molar-refractivity contribution in [2.75, 3.05) is 13.2 Å². The van der Waals surface area contributed by atoms with Crippen LogP contribution in [-0.2, 0) is 4.74 Å². The Morgan fingerprint density at radius 3 is 2.69 bits per heavy atom. The van der Waals surface area contributed by atoms with Crippen molar-refractivity contribution in [1.82, 2.24) is 5.32 Å². The monoisotopic (exact) mass is 183 g/mol. The van der Waals surface area contributed by atoms with Gasteiger partial charge in [0.25, 0.3) is 0 Å². The molecular formula is C11H21NO. The molecule has 2 rings (SSSR count). The van der Waals surface area contributed by atoms with Gasteiger partial charge in [-0.3, -0.25) is 0 Å². The van der Waals surface area contributed by atoms with Gasteiger partial charge in [0, 0.05) is 12.6 Å². The van der Waals surface area contributed by atoms with E-state index in [1.807, 2.05) is 0 Å². The Morgan fingerprint density at radius 1 is 1.15 bits per heavy atom. The minimum Gasteiger partial charge on any atom is -0.377 e. The second-order valence-electron chi connectivity index (χ2n) is 4.60. The largest absolute Gasteiger partial charge is 0.377 e. The van der Waals surface area contributed by atoms with Gasteiger partial charge in [-0.2, -0.15) is 0 Å². The summed E-state index contributed by atoms with van der Waals surface area (Å²) in [5.74, 6) is 0.861. The number of nitrogens with one attached hydrogen (secondary N) is 1. The number of hydrogen-bond acceptors (Lipinski definition) is 2. The third-order valence-electron chi connectivity index (χ3n) is 3.36. The highest BCUT2D eigenvalue weighted by Crippen LogP contribution is 2.22. The second kappa shape index (κ2) is 4.43. The van der Waals surface area contributed by atoms with Crippen LogP contribution in [-0.4, -0.2) is 25.3 Å². The van der Waals surface area contributed by atoms with E-state index in [2.05, 4.69) is 12.2 Å². The standard InChI is InChI=1S/C11H21NO/c1-9-5-6-10(12-8-9)11-4-2-3-7-13-11/h9-12H,2-8H2,1H3/t9-,10+,11?/m0/s1. The average molecular weight is 183 g/mol. The smallest absolute Gasteiger partial charge is 0.0728 e. The van der Waals surface area contributed by atoms with Crippen molar-refractivity contribution < 1.29 is 4.74 Å². The van der Waals surface area contributed by atoms with Crippen molar-refractivity contribution in [3.05, 3.63) is 0 Å². The molecule has 0 aromatic heterocycles. The summed E-state index contributed by atoms with van der Waals surface area (Å²) in [7, 11) is 0. The predicted molar refractivity (Wildman–Crippen MR) is 53.8 cm³/mol. The van der Waals surface area contributed by atoms with E-state index in [-0.39, 0.29) is 0 Å². The lowest BCUT2D eigenvalue weighted by molar-refractivity contribution is -0.0155. The molecule has 2 heterocycles. The summed E-state index contributed by atoms with van der Waals surface area (Å²) in [6.07, 6.45) is 7.09. The first kappa shape index (κ1) is 9.47. The van der Waals surface area contributed by atoms with Gasteiger partial charge in [-0.05, 0) is 44.6 Å². The Balaban J connectivity index is 1.79. The summed E-state index contributed by atoms with van der Waals surface area (Å²) >= 11 is 0. The van der Waals surface area contributed by atoms with Gasteiger partial charge < -0.3 is 10.1 Å². The molecule has 0 saturated carbocycles. The number of hydrogen-bond donors (Lipinski definition) is 1. The third kappa shape index (κ3) is 2.44. The van der Waals surface area contributed by atoms with E-state index >= 15 is 0 Å². The molecule has 1 unspecified atom stereocenters. The van der Waals surface area contributed by atoms with Crippen LogP contribution in [0.3, 0.4) is 0 Å². The predicted octanol–water partition coefficient (Wildman–Crippen LogP) is 1.94. The van der Waals surface area contributed by atoms with Crippen LogP contribution in [0.5, 0.6) is 0 Å². The first-order chi connectivity index (χ1) is 6.36. The van der Waals surface area contributed by atoms with Gasteiger partial charge in [0.05, 0.1) is 6.10 Å². The molecule has 2 heteroatoms. The highest BCUT2D eigenvalue weighted by Gasteiger charge is 2.27. The number of piperidine rings is 1. The molecule has 0 bridgehead atoms. The third-order valence-corrected chi connectivity index (χ3v) is 3.36. The minimum atomic E-state index is 0.515. The molecule has 2 aliphatic heterocycles. The molecule has 1 N–H and O–H groups in total. The Kier molecular flexibility index (Phi) is 3.23. The SMILES string of the molecule is C[C@H]1CC[C@H](C2CCCCO2)NC1. The quantitative estimate of drug-likeness (QED) is 0.671. The van der Waals surface area contributed by atoms with Gasteiger partial charge in [0.2, 0.25) is 0 Å². The first-order valence-corrected chi connectivity index (χ1v) is 5.71. The van der Waals surface area contributed by atoms with Gasteiger partial charge in [-0.15, -0.1) is 0 Å². The molecule has 0 amide bonds. The molecule has 76 valence electrons. The van der Waals surface area contributed by atoms with E-state index < -0.39 is 0 Å². The van der Waals surface area contributed by atoms with Crippen molar-refractivity contribution in [1.29, 1.82) is 0 Å². The second-order valence-corrected chi connectivity index (χ2v) is 4.60. The number of ether oxygens (including phenoxy) is 1. The lowest BCUT2D eigenvalue weighted by Gasteiger charge is -2.35. The van der Waals surface area contributed by atoms with Crippen LogP contribution in [0.2, 0.25) is 0 Å². The van der Waals surface area contributed by atoms with Crippen LogP contribution < -0.4 is 5.32 Å². The maximum absolute atomic E-state index is 5.79. The summed E-state index contributed by atoms with van der Waals surface area (Å²) in [5, 5.41) is 3.61. The Morgan fingerprint density at radius 2 is 2.08 bits per heavy atom. The fraction of sp³-hybridized carbons (Fsp3) is 1.00. The van der Waals surface area contributed by atoms with Gasteiger partial charge in [0.15, 0.2) is 0 Å². The maximum Gasteiger partial charge on any atom is 0.0728 e. The van der Waals surface area contributed by atoms with Gasteiger partial charge >= 0.3 is 0 Å². The van der Waals surface area contributed by atoms with Crippen molar-refractivity contribution in [2.24, 2.45) is 5.92 Å². The maximum atomic E-state index is 5.79. The lowest BCUT2D eigenvalue weighted by Crippen LogP contribution is -2.47. The highest BCUT2D eigenvalue weighted by atomic mass is 16.5. The Labute approximate surface area is 81.0 Å². The highest BCUT2D eigenvalue weighted by molar-refractivity contribution is 4.84. The zero-order chi connectivity index (χ0) is 9.10. The van der Waals surface area contributed by atoms with E-state index in [0.29, 0.717) is 12.1 Å². The Bertz CT molecular complexity index is 146. The number of rotatable bonds is 1. The zero-order valence-electron chi connectivity index (χ0n) is 8.59. The van der Waals surface area contributed by atoms with Crippen molar-refractivity contribution >= 4 is 0 Å². The molecule has 0 spiro atoms. The molecule has 2 aliphatic rings. The summed E-state index contributed by atoms with van der Waals surface area (Å²) < 4.78 is 5.79. The van der Waals surface area contributed by atoms with E-state index in [9.17, 15) is 0 Å². The normalized spacial score (nSPS) is 41.8. The van der Waals surface area contributed by atoms with Gasteiger partial charge in [-0.1, -0.05) is 6.92 Å². The van der Waals surface area contributed by atoms with Crippen LogP contribution in [0, 0.1) is 5.92 Å². The molecular weight excluding hydrogens is 162 g/mol. The van der Waals surface area contributed by atoms with Crippen LogP contribution in [0.4, 0.5) is 0 Å². The lowest BCUT2D eigenvalue weighted by atomic mass is 9.90.